The topological polar surface area (TPSA) is 105 Å². The number of nitro groups is 1. The first kappa shape index (κ1) is 21.0. The minimum atomic E-state index is -1.17. The number of amides is 1. The number of nitrogens with one attached hydrogen (secondary N) is 1. The van der Waals surface area contributed by atoms with Crippen LogP contribution in [0.2, 0.25) is 0 Å². The molecule has 4 atom stereocenters. The third-order valence-electron chi connectivity index (χ3n) is 7.22. The van der Waals surface area contributed by atoms with Gasteiger partial charge in [-0.05, 0) is 23.8 Å². The summed E-state index contributed by atoms with van der Waals surface area (Å²) in [6, 6.07) is 19.0. The van der Waals surface area contributed by atoms with E-state index in [2.05, 4.69) is 15.2 Å². The molecule has 4 heterocycles. The zero-order valence-electron chi connectivity index (χ0n) is 18.0. The van der Waals surface area contributed by atoms with E-state index in [0.717, 1.165) is 16.9 Å². The van der Waals surface area contributed by atoms with Gasteiger partial charge in [-0.25, -0.2) is 0 Å². The average molecular weight is 473 g/mol. The molecule has 0 saturated carbocycles. The SMILES string of the molecule is O=C(c1ccccn1)[C@H]1[C@H](c2ccc([N+](=O)[O-])cc2)[C@H]2CSCN2[C@@]12C(=O)Nc1ccccc12. The molecule has 8 nitrogen and oxygen atoms in total. The number of Topliss-reactive ketones (excluding diaryl/α,β-unsaturated/α-hetero) is 1. The molecular weight excluding hydrogens is 452 g/mol. The Morgan fingerprint density at radius 1 is 1.12 bits per heavy atom. The molecule has 1 N–H and O–H groups in total. The van der Waals surface area contributed by atoms with Crippen molar-refractivity contribution in [1.29, 1.82) is 0 Å². The fraction of sp³-hybridized carbons (Fsp3) is 0.240. The van der Waals surface area contributed by atoms with Crippen molar-refractivity contribution in [3.8, 4) is 0 Å². The van der Waals surface area contributed by atoms with Gasteiger partial charge >= 0.3 is 0 Å². The molecule has 1 aromatic heterocycles. The maximum absolute atomic E-state index is 14.2. The Labute approximate surface area is 199 Å². The van der Waals surface area contributed by atoms with Gasteiger partial charge in [0.25, 0.3) is 5.69 Å². The number of pyridine rings is 1. The molecule has 1 spiro atoms. The number of nitro benzene ring substituents is 1. The second-order valence-corrected chi connectivity index (χ2v) is 9.73. The molecule has 2 aromatic carbocycles. The summed E-state index contributed by atoms with van der Waals surface area (Å²) >= 11 is 1.73. The highest BCUT2D eigenvalue weighted by Gasteiger charge is 2.69. The van der Waals surface area contributed by atoms with Crippen molar-refractivity contribution < 1.29 is 14.5 Å². The fourth-order valence-corrected chi connectivity index (χ4v) is 7.22. The molecule has 3 aliphatic rings. The van der Waals surface area contributed by atoms with Crippen molar-refractivity contribution in [3.63, 3.8) is 0 Å². The third kappa shape index (κ3) is 2.80. The molecule has 0 radical (unpaired) electrons. The van der Waals surface area contributed by atoms with Gasteiger partial charge in [0, 0.05) is 53.2 Å². The Morgan fingerprint density at radius 2 is 1.88 bits per heavy atom. The van der Waals surface area contributed by atoms with Crippen LogP contribution in [0.3, 0.4) is 0 Å². The van der Waals surface area contributed by atoms with Gasteiger partial charge in [0.2, 0.25) is 5.91 Å². The number of fused-ring (bicyclic) bond motifs is 4. The molecule has 9 heteroatoms. The number of carbonyl (C=O) groups excluding carboxylic acids is 2. The number of ketones is 1. The van der Waals surface area contributed by atoms with Crippen LogP contribution in [0, 0.1) is 16.0 Å². The predicted molar refractivity (Wildman–Crippen MR) is 128 cm³/mol. The normalized spacial score (nSPS) is 27.4. The molecule has 170 valence electrons. The lowest BCUT2D eigenvalue weighted by Crippen LogP contribution is -2.52. The minimum absolute atomic E-state index is 0.00864. The number of non-ortho nitro benzene ring substituents is 1. The molecule has 0 bridgehead atoms. The van der Waals surface area contributed by atoms with Gasteiger partial charge in [0.1, 0.15) is 11.2 Å². The molecule has 0 aliphatic carbocycles. The van der Waals surface area contributed by atoms with E-state index < -0.39 is 16.4 Å². The van der Waals surface area contributed by atoms with E-state index in [1.54, 1.807) is 48.3 Å². The standard InChI is InChI=1S/C25H20N4O4S/c30-23(19-7-3-4-12-26-19)22-21(15-8-10-16(11-9-15)29(32)33)20-13-34-14-28(20)25(22)17-5-1-2-6-18(17)27-24(25)31/h1-12,20-22H,13-14H2,(H,27,31)/t20-,21-,22-,25-/m1/s1. The largest absolute Gasteiger partial charge is 0.324 e. The summed E-state index contributed by atoms with van der Waals surface area (Å²) in [5.41, 5.74) is 1.45. The summed E-state index contributed by atoms with van der Waals surface area (Å²) in [6.45, 7) is 0. The van der Waals surface area contributed by atoms with Gasteiger partial charge in [-0.15, -0.1) is 11.8 Å². The van der Waals surface area contributed by atoms with Gasteiger partial charge in [0.05, 0.1) is 10.8 Å². The highest BCUT2D eigenvalue weighted by atomic mass is 32.2. The number of anilines is 1. The predicted octanol–water partition coefficient (Wildman–Crippen LogP) is 3.81. The highest BCUT2D eigenvalue weighted by molar-refractivity contribution is 7.99. The number of para-hydroxylation sites is 1. The van der Waals surface area contributed by atoms with Gasteiger partial charge in [-0.2, -0.15) is 0 Å². The molecule has 2 saturated heterocycles. The number of rotatable bonds is 4. The fourth-order valence-electron chi connectivity index (χ4n) is 5.89. The highest BCUT2D eigenvalue weighted by Crippen LogP contribution is 2.61. The molecule has 2 fully saturated rings. The second-order valence-electron chi connectivity index (χ2n) is 8.73. The smallest absolute Gasteiger partial charge is 0.269 e. The first-order chi connectivity index (χ1) is 16.5. The van der Waals surface area contributed by atoms with Crippen LogP contribution >= 0.6 is 11.8 Å². The number of benzene rings is 2. The Bertz CT molecular complexity index is 1320. The number of hydrogen-bond acceptors (Lipinski definition) is 7. The number of nitrogens with zero attached hydrogens (tertiary/aromatic N) is 3. The zero-order chi connectivity index (χ0) is 23.4. The van der Waals surface area contributed by atoms with Crippen molar-refractivity contribution in [1.82, 2.24) is 9.88 Å². The van der Waals surface area contributed by atoms with Crippen LogP contribution in [0.4, 0.5) is 11.4 Å². The monoisotopic (exact) mass is 472 g/mol. The molecule has 1 amide bonds. The summed E-state index contributed by atoms with van der Waals surface area (Å²) in [6.07, 6.45) is 1.58. The van der Waals surface area contributed by atoms with E-state index in [-0.39, 0.29) is 29.3 Å². The summed E-state index contributed by atoms with van der Waals surface area (Å²) in [7, 11) is 0. The van der Waals surface area contributed by atoms with Gasteiger partial charge in [0.15, 0.2) is 5.78 Å². The summed E-state index contributed by atoms with van der Waals surface area (Å²) < 4.78 is 0. The van der Waals surface area contributed by atoms with E-state index in [1.807, 2.05) is 24.3 Å². The van der Waals surface area contributed by atoms with Crippen molar-refractivity contribution in [2.45, 2.75) is 17.5 Å². The third-order valence-corrected chi connectivity index (χ3v) is 8.25. The van der Waals surface area contributed by atoms with Crippen molar-refractivity contribution in [2.24, 2.45) is 5.92 Å². The molecule has 6 rings (SSSR count). The first-order valence-electron chi connectivity index (χ1n) is 11.0. The Morgan fingerprint density at radius 3 is 2.62 bits per heavy atom. The summed E-state index contributed by atoms with van der Waals surface area (Å²) in [4.78, 5) is 45.3. The van der Waals surface area contributed by atoms with Gasteiger partial charge in [-0.1, -0.05) is 36.4 Å². The van der Waals surface area contributed by atoms with Crippen molar-refractivity contribution in [2.75, 3.05) is 16.9 Å². The van der Waals surface area contributed by atoms with Crippen molar-refractivity contribution >= 4 is 34.8 Å². The van der Waals surface area contributed by atoms with E-state index >= 15 is 0 Å². The summed E-state index contributed by atoms with van der Waals surface area (Å²) in [5, 5.41) is 14.3. The number of aromatic nitrogens is 1. The van der Waals surface area contributed by atoms with Crippen molar-refractivity contribution in [3.05, 3.63) is 99.9 Å². The zero-order valence-corrected chi connectivity index (χ0v) is 18.8. The van der Waals surface area contributed by atoms with E-state index in [9.17, 15) is 19.7 Å². The number of hydrogen-bond donors (Lipinski definition) is 1. The van der Waals surface area contributed by atoms with E-state index in [4.69, 9.17) is 0 Å². The Kier molecular flexibility index (Phi) is 4.79. The van der Waals surface area contributed by atoms with Crippen LogP contribution in [0.5, 0.6) is 0 Å². The van der Waals surface area contributed by atoms with E-state index in [0.29, 0.717) is 17.3 Å². The lowest BCUT2D eigenvalue weighted by molar-refractivity contribution is -0.384. The van der Waals surface area contributed by atoms with Crippen LogP contribution in [0.1, 0.15) is 27.5 Å². The van der Waals surface area contributed by atoms with Gasteiger partial charge < -0.3 is 5.32 Å². The quantitative estimate of drug-likeness (QED) is 0.350. The number of carbonyl (C=O) groups is 2. The lowest BCUT2D eigenvalue weighted by atomic mass is 9.70. The van der Waals surface area contributed by atoms with Gasteiger partial charge in [-0.3, -0.25) is 29.6 Å². The average Bonchev–Trinajstić information content (AvgIpc) is 3.52. The number of thioether (sulfide) groups is 1. The Hall–Kier alpha value is -3.56. The maximum Gasteiger partial charge on any atom is 0.269 e. The first-order valence-corrected chi connectivity index (χ1v) is 12.1. The molecule has 0 unspecified atom stereocenters. The maximum atomic E-state index is 14.2. The molecule has 3 aliphatic heterocycles. The minimum Gasteiger partial charge on any atom is -0.324 e. The Balaban J connectivity index is 1.59. The van der Waals surface area contributed by atoms with Crippen LogP contribution in [0.15, 0.2) is 72.9 Å². The molecule has 34 heavy (non-hydrogen) atoms. The second kappa shape index (κ2) is 7.75. The summed E-state index contributed by atoms with van der Waals surface area (Å²) in [5.74, 6) is -0.108. The lowest BCUT2D eigenvalue weighted by Gasteiger charge is -2.36. The molecule has 3 aromatic rings. The van der Waals surface area contributed by atoms with Crippen LogP contribution < -0.4 is 5.32 Å². The van der Waals surface area contributed by atoms with Crippen LogP contribution in [-0.2, 0) is 10.3 Å². The molecular formula is C25H20N4O4S. The van der Waals surface area contributed by atoms with Crippen LogP contribution in [0.25, 0.3) is 0 Å². The van der Waals surface area contributed by atoms with Crippen LogP contribution in [-0.4, -0.2) is 44.2 Å². The van der Waals surface area contributed by atoms with E-state index in [1.165, 1.54) is 12.1 Å².